The fraction of sp³-hybridized carbons (Fsp3) is 0.579. The van der Waals surface area contributed by atoms with E-state index in [1.165, 1.54) is 10.6 Å². The number of aromatic nitrogens is 2. The van der Waals surface area contributed by atoms with E-state index in [9.17, 15) is 9.59 Å². The fourth-order valence-electron chi connectivity index (χ4n) is 7.25. The Labute approximate surface area is 305 Å². The first-order chi connectivity index (χ1) is 24.4. The summed E-state index contributed by atoms with van der Waals surface area (Å²) in [6, 6.07) is 8.93. The number of fused-ring (bicyclic) bond motifs is 5. The van der Waals surface area contributed by atoms with Crippen molar-refractivity contribution in [2.45, 2.75) is 83.8 Å². The van der Waals surface area contributed by atoms with Gasteiger partial charge in [0.2, 0.25) is 0 Å². The third-order valence-corrected chi connectivity index (χ3v) is 11.2. The van der Waals surface area contributed by atoms with Gasteiger partial charge >= 0.3 is 5.97 Å². The summed E-state index contributed by atoms with van der Waals surface area (Å²) in [6.07, 6.45) is 2.73. The minimum atomic E-state index is -1.00. The highest BCUT2D eigenvalue weighted by Crippen LogP contribution is 2.42. The molecular formula is C38H53N7O5S. The standard InChI is InChI=1S/C38H53N7O5S/c1-8-44-30-14-13-24-19-26(30)27(33(44)25-11-9-15-40-32(25)23(2)48-7)20-38(3,4)22-50-37(47)28-12-10-16-45(42-28)36(46)31(39)34(49-18-17-43(5)6)35-41-29(24)21-51-35/h9,11,13-15,19,23,28-29,31,34,42H,8,10,12,16-18,20-22,39H2,1-7H3/t23-,28-,29?,31-,34-/m0/s1. The van der Waals surface area contributed by atoms with E-state index in [1.807, 2.05) is 38.2 Å². The van der Waals surface area contributed by atoms with E-state index >= 15 is 0 Å². The number of amides is 1. The Morgan fingerprint density at radius 3 is 2.78 bits per heavy atom. The number of rotatable bonds is 8. The number of nitrogens with one attached hydrogen (secondary N) is 1. The first-order valence-corrected chi connectivity index (χ1v) is 19.0. The van der Waals surface area contributed by atoms with Crippen molar-refractivity contribution in [3.63, 3.8) is 0 Å². The van der Waals surface area contributed by atoms with Gasteiger partial charge in [0.25, 0.3) is 5.91 Å². The molecule has 0 spiro atoms. The lowest BCUT2D eigenvalue weighted by Gasteiger charge is -2.36. The molecule has 1 amide bonds. The molecule has 1 unspecified atom stereocenters. The van der Waals surface area contributed by atoms with E-state index in [0.29, 0.717) is 44.7 Å². The molecule has 0 saturated carbocycles. The van der Waals surface area contributed by atoms with E-state index in [4.69, 9.17) is 29.9 Å². The Kier molecular flexibility index (Phi) is 11.5. The molecule has 6 rings (SSSR count). The van der Waals surface area contributed by atoms with Crippen molar-refractivity contribution in [1.82, 2.24) is 24.9 Å². The number of cyclic esters (lactones) is 1. The highest BCUT2D eigenvalue weighted by atomic mass is 32.2. The number of likely N-dealkylation sites (N-methyl/N-ethyl adjacent to an activating group) is 1. The Hall–Kier alpha value is -3.33. The van der Waals surface area contributed by atoms with Crippen LogP contribution in [0.3, 0.4) is 0 Å². The average molecular weight is 720 g/mol. The highest BCUT2D eigenvalue weighted by Gasteiger charge is 2.39. The molecule has 3 N–H and O–H groups in total. The van der Waals surface area contributed by atoms with E-state index in [0.717, 1.165) is 45.0 Å². The van der Waals surface area contributed by atoms with Gasteiger partial charge in [0, 0.05) is 60.6 Å². The summed E-state index contributed by atoms with van der Waals surface area (Å²) in [4.78, 5) is 39.4. The van der Waals surface area contributed by atoms with Gasteiger partial charge in [0.1, 0.15) is 18.2 Å². The number of carbonyl (C=O) groups excluding carboxylic acids is 2. The lowest BCUT2D eigenvalue weighted by atomic mass is 9.84. The molecule has 3 aliphatic rings. The number of hydrazine groups is 1. The third kappa shape index (κ3) is 7.89. The quantitative estimate of drug-likeness (QED) is 0.320. The predicted octanol–water partition coefficient (Wildman–Crippen LogP) is 4.51. The number of benzene rings is 1. The second-order valence-corrected chi connectivity index (χ2v) is 15.9. The van der Waals surface area contributed by atoms with Crippen molar-refractivity contribution < 1.29 is 23.8 Å². The van der Waals surface area contributed by atoms with Gasteiger partial charge in [-0.2, -0.15) is 0 Å². The second kappa shape index (κ2) is 15.7. The summed E-state index contributed by atoms with van der Waals surface area (Å²) >= 11 is 1.60. The van der Waals surface area contributed by atoms with Gasteiger partial charge in [-0.15, -0.1) is 11.8 Å². The summed E-state index contributed by atoms with van der Waals surface area (Å²) < 4.78 is 20.5. The molecule has 51 heavy (non-hydrogen) atoms. The molecule has 0 aliphatic carbocycles. The van der Waals surface area contributed by atoms with Crippen molar-refractivity contribution in [2.75, 3.05) is 53.3 Å². The average Bonchev–Trinajstić information content (AvgIpc) is 3.73. The molecule has 13 heteroatoms. The first kappa shape index (κ1) is 37.4. The molecule has 276 valence electrons. The molecule has 3 aliphatic heterocycles. The normalized spacial score (nSPS) is 24.8. The number of hydrogen-bond donors (Lipinski definition) is 2. The number of nitrogens with zero attached hydrogens (tertiary/aromatic N) is 5. The van der Waals surface area contributed by atoms with Crippen LogP contribution in [0.1, 0.15) is 69.5 Å². The molecule has 6 bridgehead atoms. The second-order valence-electron chi connectivity index (χ2n) is 14.8. The maximum absolute atomic E-state index is 13.9. The largest absolute Gasteiger partial charge is 0.464 e. The molecule has 12 nitrogen and oxygen atoms in total. The fourth-order valence-corrected chi connectivity index (χ4v) is 8.42. The van der Waals surface area contributed by atoms with Crippen LogP contribution in [-0.4, -0.2) is 108 Å². The summed E-state index contributed by atoms with van der Waals surface area (Å²) in [5, 5.41) is 3.32. The van der Waals surface area contributed by atoms with Crippen molar-refractivity contribution in [2.24, 2.45) is 16.1 Å². The lowest BCUT2D eigenvalue weighted by Crippen LogP contribution is -2.62. The zero-order valence-corrected chi connectivity index (χ0v) is 31.8. The van der Waals surface area contributed by atoms with Crippen molar-refractivity contribution >= 4 is 39.6 Å². The maximum Gasteiger partial charge on any atom is 0.324 e. The summed E-state index contributed by atoms with van der Waals surface area (Å²) in [6.45, 7) is 10.9. The van der Waals surface area contributed by atoms with E-state index in [-0.39, 0.29) is 30.6 Å². The smallest absolute Gasteiger partial charge is 0.324 e. The molecular weight excluding hydrogens is 667 g/mol. The van der Waals surface area contributed by atoms with Gasteiger partial charge in [-0.05, 0) is 82.6 Å². The number of hydrogen-bond acceptors (Lipinski definition) is 11. The number of aryl methyl sites for hydroxylation is 1. The van der Waals surface area contributed by atoms with Crippen LogP contribution in [0.2, 0.25) is 0 Å². The Bertz CT molecular complexity index is 1770. The monoisotopic (exact) mass is 719 g/mol. The number of carbonyl (C=O) groups is 2. The molecule has 1 fully saturated rings. The zero-order valence-electron chi connectivity index (χ0n) is 31.0. The molecule has 1 aromatic carbocycles. The number of ether oxygens (including phenoxy) is 3. The minimum Gasteiger partial charge on any atom is -0.464 e. The third-order valence-electron chi connectivity index (χ3n) is 10.1. The highest BCUT2D eigenvalue weighted by molar-refractivity contribution is 8.14. The predicted molar refractivity (Wildman–Crippen MR) is 201 cm³/mol. The number of nitrogens with two attached hydrogens (primary N) is 1. The SMILES string of the molecule is CCn1c(-c2cccnc2[C@H](C)OC)c2c3cc(ccc31)C1CSC(=N1)[C@@H](OCCN(C)C)[C@H](N)C(=O)N1CCC[C@H](N1)C(=O)OCC(C)(C)C2. The number of pyridine rings is 1. The maximum atomic E-state index is 13.9. The molecule has 1 saturated heterocycles. The van der Waals surface area contributed by atoms with Crippen LogP contribution < -0.4 is 11.2 Å². The summed E-state index contributed by atoms with van der Waals surface area (Å²) in [5.74, 6) is 0.00395. The lowest BCUT2D eigenvalue weighted by molar-refractivity contribution is -0.155. The van der Waals surface area contributed by atoms with Crippen LogP contribution in [0.5, 0.6) is 0 Å². The van der Waals surface area contributed by atoms with E-state index in [2.05, 4.69) is 55.0 Å². The van der Waals surface area contributed by atoms with Crippen LogP contribution in [0.25, 0.3) is 22.2 Å². The topological polar surface area (TPSA) is 137 Å². The van der Waals surface area contributed by atoms with Crippen molar-refractivity contribution in [3.05, 3.63) is 53.3 Å². The zero-order chi connectivity index (χ0) is 36.4. The molecule has 3 aromatic rings. The first-order valence-electron chi connectivity index (χ1n) is 18.0. The van der Waals surface area contributed by atoms with Crippen LogP contribution in [0.4, 0.5) is 0 Å². The van der Waals surface area contributed by atoms with Crippen molar-refractivity contribution in [1.29, 1.82) is 0 Å². The van der Waals surface area contributed by atoms with Crippen LogP contribution in [-0.2, 0) is 36.8 Å². The molecule has 2 aromatic heterocycles. The van der Waals surface area contributed by atoms with Crippen LogP contribution >= 0.6 is 11.8 Å². The number of aliphatic imine (C=N–C) groups is 1. The summed E-state index contributed by atoms with van der Waals surface area (Å²) in [7, 11) is 5.66. The number of esters is 1. The van der Waals surface area contributed by atoms with Gasteiger partial charge in [0.05, 0.1) is 41.8 Å². The number of thioether (sulfide) groups is 1. The summed E-state index contributed by atoms with van der Waals surface area (Å²) in [5.41, 5.74) is 15.8. The van der Waals surface area contributed by atoms with Gasteiger partial charge in [0.15, 0.2) is 0 Å². The Morgan fingerprint density at radius 1 is 1.24 bits per heavy atom. The van der Waals surface area contributed by atoms with Gasteiger partial charge in [-0.1, -0.05) is 19.9 Å². The van der Waals surface area contributed by atoms with Crippen LogP contribution in [0.15, 0.2) is 41.5 Å². The molecule has 5 heterocycles. The van der Waals surface area contributed by atoms with Crippen molar-refractivity contribution in [3.8, 4) is 11.3 Å². The molecule has 5 atom stereocenters. The van der Waals surface area contributed by atoms with Crippen LogP contribution in [0, 0.1) is 5.41 Å². The van der Waals surface area contributed by atoms with Gasteiger partial charge < -0.3 is 29.4 Å². The molecule has 0 radical (unpaired) electrons. The van der Waals surface area contributed by atoms with E-state index < -0.39 is 23.6 Å². The van der Waals surface area contributed by atoms with Gasteiger partial charge in [-0.25, -0.2) is 5.43 Å². The number of methoxy groups -OCH3 is 1. The minimum absolute atomic E-state index is 0.134. The van der Waals surface area contributed by atoms with E-state index in [1.54, 1.807) is 18.9 Å². The Balaban J connectivity index is 1.51. The Morgan fingerprint density at radius 2 is 2.04 bits per heavy atom. The van der Waals surface area contributed by atoms with Gasteiger partial charge in [-0.3, -0.25) is 24.6 Å².